The number of rotatable bonds is 1. The van der Waals surface area contributed by atoms with Gasteiger partial charge in [-0.25, -0.2) is 0 Å². The fourth-order valence-corrected chi connectivity index (χ4v) is 1.70. The number of carbonyl (C=O) groups excluding carboxylic acids is 1. The van der Waals surface area contributed by atoms with E-state index in [2.05, 4.69) is 10.3 Å². The molecule has 5 heteroatoms. The summed E-state index contributed by atoms with van der Waals surface area (Å²) in [5.74, 6) is 0.0119. The number of likely N-dealkylation sites (tertiary alicyclic amines) is 1. The molecule has 1 aromatic rings. The number of nitrogens with zero attached hydrogens (tertiary/aromatic N) is 4. The van der Waals surface area contributed by atoms with Gasteiger partial charge in [-0.3, -0.25) is 9.48 Å². The smallest absolute Gasteiger partial charge is 0.276 e. The highest BCUT2D eigenvalue weighted by molar-refractivity contribution is 5.91. The summed E-state index contributed by atoms with van der Waals surface area (Å²) in [7, 11) is 1.76. The summed E-state index contributed by atoms with van der Waals surface area (Å²) in [5, 5.41) is 7.56. The first-order valence-electron chi connectivity index (χ1n) is 4.93. The van der Waals surface area contributed by atoms with Crippen LogP contribution in [-0.2, 0) is 7.05 Å². The summed E-state index contributed by atoms with van der Waals surface area (Å²) < 4.78 is 1.55. The van der Waals surface area contributed by atoms with Gasteiger partial charge in [0.05, 0.1) is 6.20 Å². The van der Waals surface area contributed by atoms with Gasteiger partial charge in [-0.2, -0.15) is 0 Å². The lowest BCUT2D eigenvalue weighted by Crippen LogP contribution is -2.35. The fraction of sp³-hybridized carbons (Fsp3) is 0.667. The van der Waals surface area contributed by atoms with Crippen LogP contribution in [0.15, 0.2) is 6.20 Å². The topological polar surface area (TPSA) is 51.0 Å². The predicted octanol–water partition coefficient (Wildman–Crippen LogP) is 0.441. The van der Waals surface area contributed by atoms with E-state index in [1.165, 1.54) is 6.42 Å². The van der Waals surface area contributed by atoms with E-state index in [1.807, 2.05) is 4.90 Å². The van der Waals surface area contributed by atoms with Gasteiger partial charge in [-0.15, -0.1) is 5.10 Å². The van der Waals surface area contributed by atoms with Gasteiger partial charge in [0.25, 0.3) is 5.91 Å². The van der Waals surface area contributed by atoms with Crippen LogP contribution in [0.25, 0.3) is 0 Å². The Kier molecular flexibility index (Phi) is 2.47. The summed E-state index contributed by atoms with van der Waals surface area (Å²) in [5.41, 5.74) is 0.453. The largest absolute Gasteiger partial charge is 0.337 e. The van der Waals surface area contributed by atoms with Crippen LogP contribution in [0, 0.1) is 0 Å². The van der Waals surface area contributed by atoms with E-state index in [9.17, 15) is 4.79 Å². The standard InChI is InChI=1S/C9H14N4O/c1-12-7-8(10-11-12)9(14)13-5-3-2-4-6-13/h7H,2-6H2,1H3. The van der Waals surface area contributed by atoms with Crippen LogP contribution in [0.2, 0.25) is 0 Å². The van der Waals surface area contributed by atoms with E-state index in [0.29, 0.717) is 5.69 Å². The lowest BCUT2D eigenvalue weighted by molar-refractivity contribution is 0.0718. The fourth-order valence-electron chi connectivity index (χ4n) is 1.70. The van der Waals surface area contributed by atoms with E-state index in [0.717, 1.165) is 25.9 Å². The highest BCUT2D eigenvalue weighted by Crippen LogP contribution is 2.11. The minimum Gasteiger partial charge on any atom is -0.337 e. The van der Waals surface area contributed by atoms with Crippen molar-refractivity contribution in [1.29, 1.82) is 0 Å². The van der Waals surface area contributed by atoms with Gasteiger partial charge in [0.15, 0.2) is 5.69 Å². The van der Waals surface area contributed by atoms with Crippen molar-refractivity contribution in [1.82, 2.24) is 19.9 Å². The lowest BCUT2D eigenvalue weighted by Gasteiger charge is -2.25. The molecule has 5 nitrogen and oxygen atoms in total. The average Bonchev–Trinajstić information content (AvgIpc) is 2.65. The van der Waals surface area contributed by atoms with Crippen molar-refractivity contribution in [2.24, 2.45) is 7.05 Å². The zero-order valence-electron chi connectivity index (χ0n) is 8.31. The molecule has 0 aromatic carbocycles. The van der Waals surface area contributed by atoms with Crippen molar-refractivity contribution in [2.75, 3.05) is 13.1 Å². The van der Waals surface area contributed by atoms with Crippen LogP contribution < -0.4 is 0 Å². The first kappa shape index (κ1) is 9.18. The van der Waals surface area contributed by atoms with Crippen LogP contribution in [0.5, 0.6) is 0 Å². The molecule has 1 aliphatic heterocycles. The Hall–Kier alpha value is -1.39. The van der Waals surface area contributed by atoms with E-state index in [-0.39, 0.29) is 5.91 Å². The average molecular weight is 194 g/mol. The Balaban J connectivity index is 2.07. The minimum absolute atomic E-state index is 0.0119. The second-order valence-corrected chi connectivity index (χ2v) is 3.63. The Bertz CT molecular complexity index is 327. The third kappa shape index (κ3) is 1.76. The van der Waals surface area contributed by atoms with Gasteiger partial charge in [0.2, 0.25) is 0 Å². The van der Waals surface area contributed by atoms with Crippen molar-refractivity contribution >= 4 is 5.91 Å². The molecule has 1 aromatic heterocycles. The molecular weight excluding hydrogens is 180 g/mol. The van der Waals surface area contributed by atoms with Gasteiger partial charge >= 0.3 is 0 Å². The molecular formula is C9H14N4O. The molecule has 2 rings (SSSR count). The normalized spacial score (nSPS) is 17.1. The molecule has 1 saturated heterocycles. The first-order chi connectivity index (χ1) is 6.77. The summed E-state index contributed by atoms with van der Waals surface area (Å²) in [6, 6.07) is 0. The van der Waals surface area contributed by atoms with Gasteiger partial charge in [-0.05, 0) is 19.3 Å². The number of piperidine rings is 1. The molecule has 1 aliphatic rings. The molecule has 0 radical (unpaired) electrons. The number of aromatic nitrogens is 3. The van der Waals surface area contributed by atoms with Crippen LogP contribution in [-0.4, -0.2) is 38.9 Å². The molecule has 76 valence electrons. The number of hydrogen-bond donors (Lipinski definition) is 0. The molecule has 14 heavy (non-hydrogen) atoms. The molecule has 0 spiro atoms. The zero-order valence-corrected chi connectivity index (χ0v) is 8.31. The van der Waals surface area contributed by atoms with Gasteiger partial charge in [-0.1, -0.05) is 5.21 Å². The predicted molar refractivity (Wildman–Crippen MR) is 50.8 cm³/mol. The molecule has 1 fully saturated rings. The molecule has 0 atom stereocenters. The Morgan fingerprint density at radius 1 is 1.36 bits per heavy atom. The molecule has 0 unspecified atom stereocenters. The van der Waals surface area contributed by atoms with E-state index in [4.69, 9.17) is 0 Å². The van der Waals surface area contributed by atoms with E-state index in [1.54, 1.807) is 17.9 Å². The van der Waals surface area contributed by atoms with Gasteiger partial charge < -0.3 is 4.90 Å². The first-order valence-corrected chi connectivity index (χ1v) is 4.93. The SMILES string of the molecule is Cn1cc(C(=O)N2CCCCC2)nn1. The minimum atomic E-state index is 0.0119. The van der Waals surface area contributed by atoms with Gasteiger partial charge in [0.1, 0.15) is 0 Å². The van der Waals surface area contributed by atoms with Crippen LogP contribution in [0.4, 0.5) is 0 Å². The maximum Gasteiger partial charge on any atom is 0.276 e. The Morgan fingerprint density at radius 3 is 2.64 bits per heavy atom. The van der Waals surface area contributed by atoms with Crippen molar-refractivity contribution in [3.63, 3.8) is 0 Å². The summed E-state index contributed by atoms with van der Waals surface area (Å²) >= 11 is 0. The highest BCUT2D eigenvalue weighted by atomic mass is 16.2. The summed E-state index contributed by atoms with van der Waals surface area (Å²) in [6.45, 7) is 1.71. The van der Waals surface area contributed by atoms with Crippen LogP contribution >= 0.6 is 0 Å². The molecule has 0 saturated carbocycles. The third-order valence-electron chi connectivity index (χ3n) is 2.47. The maximum absolute atomic E-state index is 11.8. The Labute approximate surface area is 82.7 Å². The van der Waals surface area contributed by atoms with Gasteiger partial charge in [0, 0.05) is 20.1 Å². The molecule has 1 amide bonds. The highest BCUT2D eigenvalue weighted by Gasteiger charge is 2.20. The van der Waals surface area contributed by atoms with Crippen molar-refractivity contribution < 1.29 is 4.79 Å². The number of amides is 1. The quantitative estimate of drug-likeness (QED) is 0.652. The summed E-state index contributed by atoms with van der Waals surface area (Å²) in [4.78, 5) is 13.7. The van der Waals surface area contributed by atoms with E-state index < -0.39 is 0 Å². The number of hydrogen-bond acceptors (Lipinski definition) is 3. The molecule has 0 N–H and O–H groups in total. The van der Waals surface area contributed by atoms with Crippen LogP contribution in [0.1, 0.15) is 29.8 Å². The lowest BCUT2D eigenvalue weighted by atomic mass is 10.1. The second-order valence-electron chi connectivity index (χ2n) is 3.63. The molecule has 2 heterocycles. The van der Waals surface area contributed by atoms with Crippen molar-refractivity contribution in [2.45, 2.75) is 19.3 Å². The van der Waals surface area contributed by atoms with Crippen molar-refractivity contribution in [3.8, 4) is 0 Å². The Morgan fingerprint density at radius 2 is 2.07 bits per heavy atom. The van der Waals surface area contributed by atoms with Crippen LogP contribution in [0.3, 0.4) is 0 Å². The molecule has 0 aliphatic carbocycles. The maximum atomic E-state index is 11.8. The number of aryl methyl sites for hydroxylation is 1. The number of carbonyl (C=O) groups is 1. The van der Waals surface area contributed by atoms with Crippen molar-refractivity contribution in [3.05, 3.63) is 11.9 Å². The molecule has 0 bridgehead atoms. The third-order valence-corrected chi connectivity index (χ3v) is 2.47. The second kappa shape index (κ2) is 3.77. The monoisotopic (exact) mass is 194 g/mol. The zero-order chi connectivity index (χ0) is 9.97. The summed E-state index contributed by atoms with van der Waals surface area (Å²) in [6.07, 6.45) is 5.10. The van der Waals surface area contributed by atoms with E-state index >= 15 is 0 Å².